The number of anilines is 1. The molecule has 0 saturated carbocycles. The van der Waals surface area contributed by atoms with Crippen LogP contribution in [0.1, 0.15) is 23.0 Å². The number of furan rings is 1. The number of hydrogen-bond donors (Lipinski definition) is 1. The van der Waals surface area contributed by atoms with E-state index in [1.807, 2.05) is 13.0 Å². The molecule has 0 saturated heterocycles. The number of aromatic nitrogens is 1. The quantitative estimate of drug-likeness (QED) is 0.945. The number of halogens is 1. The summed E-state index contributed by atoms with van der Waals surface area (Å²) in [4.78, 5) is 16.0. The highest BCUT2D eigenvalue weighted by atomic mass is 79.9. The highest BCUT2D eigenvalue weighted by molar-refractivity contribution is 9.10. The lowest BCUT2D eigenvalue weighted by Gasteiger charge is -2.03. The van der Waals surface area contributed by atoms with Gasteiger partial charge in [0.05, 0.1) is 11.8 Å². The number of carbonyl (C=O) groups excluding carboxylic acids is 1. The molecule has 0 atom stereocenters. The fraction of sp³-hybridized carbons (Fsp3) is 0.167. The first-order valence-corrected chi connectivity index (χ1v) is 5.99. The van der Waals surface area contributed by atoms with Gasteiger partial charge in [-0.3, -0.25) is 4.79 Å². The topological polar surface area (TPSA) is 55.1 Å². The molecule has 0 aromatic carbocycles. The van der Waals surface area contributed by atoms with Crippen LogP contribution in [-0.2, 0) is 6.42 Å². The molecule has 2 rings (SSSR count). The molecule has 0 bridgehead atoms. The molecule has 0 radical (unpaired) electrons. The standard InChI is InChI=1S/C12H11BrN2O2/c1-2-10-9(5-6-17-10)12(16)15-11-4-3-8(13)7-14-11/h3-7H,2H2,1H3,(H,14,15,16). The van der Waals surface area contributed by atoms with Gasteiger partial charge in [0.1, 0.15) is 11.6 Å². The van der Waals surface area contributed by atoms with Crippen molar-refractivity contribution in [3.05, 3.63) is 46.5 Å². The van der Waals surface area contributed by atoms with Crippen LogP contribution in [0.3, 0.4) is 0 Å². The molecule has 17 heavy (non-hydrogen) atoms. The Morgan fingerprint density at radius 1 is 1.47 bits per heavy atom. The van der Waals surface area contributed by atoms with E-state index in [0.29, 0.717) is 23.6 Å². The molecule has 2 aromatic rings. The van der Waals surface area contributed by atoms with Crippen molar-refractivity contribution in [2.75, 3.05) is 5.32 Å². The predicted octanol–water partition coefficient (Wildman–Crippen LogP) is 3.25. The molecule has 1 N–H and O–H groups in total. The van der Waals surface area contributed by atoms with Crippen LogP contribution >= 0.6 is 15.9 Å². The van der Waals surface area contributed by atoms with E-state index in [0.717, 1.165) is 4.47 Å². The number of nitrogens with one attached hydrogen (secondary N) is 1. The minimum Gasteiger partial charge on any atom is -0.469 e. The second-order valence-corrected chi connectivity index (χ2v) is 4.34. The SMILES string of the molecule is CCc1occc1C(=O)Nc1ccc(Br)cn1. The van der Waals surface area contributed by atoms with Gasteiger partial charge >= 0.3 is 0 Å². The number of hydrogen-bond acceptors (Lipinski definition) is 3. The monoisotopic (exact) mass is 294 g/mol. The van der Waals surface area contributed by atoms with E-state index in [1.165, 1.54) is 6.26 Å². The average Bonchev–Trinajstić information content (AvgIpc) is 2.80. The Hall–Kier alpha value is -1.62. The third kappa shape index (κ3) is 2.74. The number of nitrogens with zero attached hydrogens (tertiary/aromatic N) is 1. The largest absolute Gasteiger partial charge is 0.469 e. The molecule has 2 aromatic heterocycles. The summed E-state index contributed by atoms with van der Waals surface area (Å²) in [6, 6.07) is 5.21. The second-order valence-electron chi connectivity index (χ2n) is 3.43. The summed E-state index contributed by atoms with van der Waals surface area (Å²) in [5.74, 6) is 0.992. The van der Waals surface area contributed by atoms with Gasteiger partial charge < -0.3 is 9.73 Å². The summed E-state index contributed by atoms with van der Waals surface area (Å²) >= 11 is 3.28. The van der Waals surface area contributed by atoms with Crippen molar-refractivity contribution in [1.29, 1.82) is 0 Å². The minimum atomic E-state index is -0.203. The van der Waals surface area contributed by atoms with E-state index in [9.17, 15) is 4.79 Å². The Morgan fingerprint density at radius 2 is 2.29 bits per heavy atom. The molecular weight excluding hydrogens is 284 g/mol. The summed E-state index contributed by atoms with van der Waals surface area (Å²) in [7, 11) is 0. The molecule has 88 valence electrons. The van der Waals surface area contributed by atoms with Crippen LogP contribution < -0.4 is 5.32 Å². The lowest BCUT2D eigenvalue weighted by atomic mass is 10.2. The van der Waals surface area contributed by atoms with Crippen molar-refractivity contribution in [2.24, 2.45) is 0 Å². The molecule has 4 nitrogen and oxygen atoms in total. The normalized spacial score (nSPS) is 10.2. The smallest absolute Gasteiger partial charge is 0.260 e. The highest BCUT2D eigenvalue weighted by Gasteiger charge is 2.13. The van der Waals surface area contributed by atoms with Crippen molar-refractivity contribution in [3.8, 4) is 0 Å². The van der Waals surface area contributed by atoms with E-state index in [2.05, 4.69) is 26.2 Å². The average molecular weight is 295 g/mol. The van der Waals surface area contributed by atoms with Crippen molar-refractivity contribution >= 4 is 27.7 Å². The van der Waals surface area contributed by atoms with Gasteiger partial charge in [-0.2, -0.15) is 0 Å². The number of pyridine rings is 1. The maximum absolute atomic E-state index is 11.9. The molecule has 0 aliphatic heterocycles. The number of aryl methyl sites for hydroxylation is 1. The van der Waals surface area contributed by atoms with E-state index >= 15 is 0 Å². The minimum absolute atomic E-state index is 0.203. The van der Waals surface area contributed by atoms with Gasteiger partial charge in [-0.05, 0) is 34.1 Å². The first-order chi connectivity index (χ1) is 8.20. The van der Waals surface area contributed by atoms with Gasteiger partial charge in [-0.25, -0.2) is 4.98 Å². The van der Waals surface area contributed by atoms with Crippen LogP contribution in [0.5, 0.6) is 0 Å². The number of carbonyl (C=O) groups is 1. The van der Waals surface area contributed by atoms with Crippen LogP contribution in [0.25, 0.3) is 0 Å². The molecule has 0 fully saturated rings. The Labute approximate surface area is 107 Å². The lowest BCUT2D eigenvalue weighted by molar-refractivity contribution is 0.102. The summed E-state index contributed by atoms with van der Waals surface area (Å²) in [5.41, 5.74) is 0.553. The molecule has 0 aliphatic carbocycles. The Bertz CT molecular complexity index is 520. The zero-order chi connectivity index (χ0) is 12.3. The Morgan fingerprint density at radius 3 is 2.94 bits per heavy atom. The second kappa shape index (κ2) is 5.14. The van der Waals surface area contributed by atoms with Crippen molar-refractivity contribution in [1.82, 2.24) is 4.98 Å². The van der Waals surface area contributed by atoms with Gasteiger partial charge in [-0.15, -0.1) is 0 Å². The fourth-order valence-corrected chi connectivity index (χ4v) is 1.68. The van der Waals surface area contributed by atoms with Gasteiger partial charge in [-0.1, -0.05) is 6.92 Å². The maximum atomic E-state index is 11.9. The van der Waals surface area contributed by atoms with Crippen molar-refractivity contribution in [2.45, 2.75) is 13.3 Å². The van der Waals surface area contributed by atoms with E-state index in [-0.39, 0.29) is 5.91 Å². The van der Waals surface area contributed by atoms with Crippen molar-refractivity contribution < 1.29 is 9.21 Å². The van der Waals surface area contributed by atoms with Gasteiger partial charge in [0.25, 0.3) is 5.91 Å². The zero-order valence-electron chi connectivity index (χ0n) is 9.24. The lowest BCUT2D eigenvalue weighted by Crippen LogP contribution is -2.13. The van der Waals surface area contributed by atoms with Crippen LogP contribution in [0.15, 0.2) is 39.5 Å². The summed E-state index contributed by atoms with van der Waals surface area (Å²) in [5, 5.41) is 2.72. The molecule has 2 heterocycles. The molecule has 0 spiro atoms. The van der Waals surface area contributed by atoms with Gasteiger partial charge in [0, 0.05) is 17.1 Å². The van der Waals surface area contributed by atoms with Gasteiger partial charge in [0.15, 0.2) is 0 Å². The summed E-state index contributed by atoms with van der Waals surface area (Å²) in [6.07, 6.45) is 3.83. The van der Waals surface area contributed by atoms with E-state index in [4.69, 9.17) is 4.42 Å². The van der Waals surface area contributed by atoms with Crippen LogP contribution in [0.2, 0.25) is 0 Å². The van der Waals surface area contributed by atoms with Crippen molar-refractivity contribution in [3.63, 3.8) is 0 Å². The molecular formula is C12H11BrN2O2. The predicted molar refractivity (Wildman–Crippen MR) is 68.0 cm³/mol. The maximum Gasteiger partial charge on any atom is 0.260 e. The number of rotatable bonds is 3. The first-order valence-electron chi connectivity index (χ1n) is 5.20. The first kappa shape index (κ1) is 11.9. The molecule has 0 unspecified atom stereocenters. The summed E-state index contributed by atoms with van der Waals surface area (Å²) < 4.78 is 6.07. The summed E-state index contributed by atoms with van der Waals surface area (Å²) in [6.45, 7) is 1.94. The molecule has 5 heteroatoms. The third-order valence-corrected chi connectivity index (χ3v) is 2.75. The molecule has 0 aliphatic rings. The van der Waals surface area contributed by atoms with E-state index in [1.54, 1.807) is 18.3 Å². The van der Waals surface area contributed by atoms with Crippen LogP contribution in [0.4, 0.5) is 5.82 Å². The van der Waals surface area contributed by atoms with Crippen LogP contribution in [-0.4, -0.2) is 10.9 Å². The zero-order valence-corrected chi connectivity index (χ0v) is 10.8. The third-order valence-electron chi connectivity index (χ3n) is 2.28. The highest BCUT2D eigenvalue weighted by Crippen LogP contribution is 2.15. The fourth-order valence-electron chi connectivity index (χ4n) is 1.45. The Kier molecular flexibility index (Phi) is 3.58. The number of amides is 1. The van der Waals surface area contributed by atoms with Crippen LogP contribution in [0, 0.1) is 0 Å². The Balaban J connectivity index is 2.14. The van der Waals surface area contributed by atoms with Gasteiger partial charge in [0.2, 0.25) is 0 Å². The van der Waals surface area contributed by atoms with E-state index < -0.39 is 0 Å². The molecule has 1 amide bonds.